The Morgan fingerprint density at radius 3 is 2.90 bits per heavy atom. The van der Waals surface area contributed by atoms with Crippen molar-refractivity contribution in [1.82, 2.24) is 10.2 Å². The van der Waals surface area contributed by atoms with E-state index in [1.54, 1.807) is 0 Å². The van der Waals surface area contributed by atoms with Crippen molar-refractivity contribution in [3.63, 3.8) is 0 Å². The quantitative estimate of drug-likeness (QED) is 0.610. The second kappa shape index (κ2) is 3.94. The van der Waals surface area contributed by atoms with Crippen LogP contribution in [0.25, 0.3) is 0 Å². The maximum absolute atomic E-state index is 3.41. The molecule has 0 radical (unpaired) electrons. The molecule has 1 atom stereocenters. The van der Waals surface area contributed by atoms with E-state index in [0.717, 1.165) is 6.04 Å². The van der Waals surface area contributed by atoms with Gasteiger partial charge in [-0.1, -0.05) is 6.92 Å². The van der Waals surface area contributed by atoms with Gasteiger partial charge in [0.25, 0.3) is 0 Å². The molecule has 0 aromatic heterocycles. The van der Waals surface area contributed by atoms with Crippen molar-refractivity contribution >= 4 is 0 Å². The SMILES string of the molecule is CCN(C)[C@H]1CCCNC1. The minimum Gasteiger partial charge on any atom is -0.315 e. The van der Waals surface area contributed by atoms with Gasteiger partial charge in [0.15, 0.2) is 0 Å². The molecule has 2 heteroatoms. The maximum Gasteiger partial charge on any atom is 0.0217 e. The van der Waals surface area contributed by atoms with E-state index < -0.39 is 0 Å². The molecule has 0 aromatic carbocycles. The number of nitrogens with zero attached hydrogens (tertiary/aromatic N) is 1. The van der Waals surface area contributed by atoms with Gasteiger partial charge in [0.1, 0.15) is 0 Å². The molecular formula is C8H18N2. The Morgan fingerprint density at radius 2 is 2.40 bits per heavy atom. The Kier molecular flexibility index (Phi) is 3.16. The van der Waals surface area contributed by atoms with Gasteiger partial charge in [0.2, 0.25) is 0 Å². The van der Waals surface area contributed by atoms with Crippen LogP contribution in [-0.4, -0.2) is 37.6 Å². The lowest BCUT2D eigenvalue weighted by atomic mass is 10.1. The lowest BCUT2D eigenvalue weighted by Gasteiger charge is -2.30. The summed E-state index contributed by atoms with van der Waals surface area (Å²) in [5.74, 6) is 0. The highest BCUT2D eigenvalue weighted by Gasteiger charge is 2.15. The summed E-state index contributed by atoms with van der Waals surface area (Å²) in [5.41, 5.74) is 0. The fraction of sp³-hybridized carbons (Fsp3) is 1.00. The molecule has 0 aliphatic carbocycles. The van der Waals surface area contributed by atoms with Crippen molar-refractivity contribution in [2.75, 3.05) is 26.7 Å². The van der Waals surface area contributed by atoms with Gasteiger partial charge in [-0.25, -0.2) is 0 Å². The number of piperidine rings is 1. The Morgan fingerprint density at radius 1 is 1.60 bits per heavy atom. The molecule has 1 fully saturated rings. The molecule has 0 bridgehead atoms. The predicted molar refractivity (Wildman–Crippen MR) is 44.2 cm³/mol. The first-order valence-electron chi connectivity index (χ1n) is 4.25. The first-order valence-corrected chi connectivity index (χ1v) is 4.25. The smallest absolute Gasteiger partial charge is 0.0217 e. The first-order chi connectivity index (χ1) is 4.84. The molecule has 0 aromatic rings. The number of hydrogen-bond donors (Lipinski definition) is 1. The highest BCUT2D eigenvalue weighted by molar-refractivity contribution is 4.75. The van der Waals surface area contributed by atoms with Gasteiger partial charge in [-0.2, -0.15) is 0 Å². The zero-order valence-electron chi connectivity index (χ0n) is 7.06. The second-order valence-corrected chi connectivity index (χ2v) is 3.07. The number of hydrogen-bond acceptors (Lipinski definition) is 2. The monoisotopic (exact) mass is 142 g/mol. The van der Waals surface area contributed by atoms with Crippen molar-refractivity contribution in [2.45, 2.75) is 25.8 Å². The van der Waals surface area contributed by atoms with E-state index in [-0.39, 0.29) is 0 Å². The molecule has 1 rings (SSSR count). The van der Waals surface area contributed by atoms with Gasteiger partial charge in [-0.3, -0.25) is 0 Å². The number of nitrogens with one attached hydrogen (secondary N) is 1. The van der Waals surface area contributed by atoms with Gasteiger partial charge in [-0.05, 0) is 33.0 Å². The van der Waals surface area contributed by atoms with E-state index in [9.17, 15) is 0 Å². The standard InChI is InChI=1S/C8H18N2/c1-3-10(2)8-5-4-6-9-7-8/h8-9H,3-7H2,1-2H3/t8-/m0/s1. The second-order valence-electron chi connectivity index (χ2n) is 3.07. The van der Waals surface area contributed by atoms with E-state index in [4.69, 9.17) is 0 Å². The van der Waals surface area contributed by atoms with Crippen LogP contribution < -0.4 is 5.32 Å². The molecule has 2 nitrogen and oxygen atoms in total. The molecule has 0 saturated carbocycles. The van der Waals surface area contributed by atoms with Crippen LogP contribution in [0.5, 0.6) is 0 Å². The molecule has 0 spiro atoms. The van der Waals surface area contributed by atoms with Crippen LogP contribution >= 0.6 is 0 Å². The highest BCUT2D eigenvalue weighted by atomic mass is 15.1. The van der Waals surface area contributed by atoms with Crippen molar-refractivity contribution in [1.29, 1.82) is 0 Å². The third-order valence-electron chi connectivity index (χ3n) is 2.39. The van der Waals surface area contributed by atoms with Crippen LogP contribution in [0.2, 0.25) is 0 Å². The van der Waals surface area contributed by atoms with Crippen LogP contribution in [0.1, 0.15) is 19.8 Å². The lowest BCUT2D eigenvalue weighted by Crippen LogP contribution is -2.43. The average Bonchev–Trinajstić information content (AvgIpc) is 2.05. The van der Waals surface area contributed by atoms with Crippen LogP contribution in [0.15, 0.2) is 0 Å². The van der Waals surface area contributed by atoms with E-state index in [1.165, 1.54) is 32.5 Å². The summed E-state index contributed by atoms with van der Waals surface area (Å²) in [6.07, 6.45) is 2.71. The number of likely N-dealkylation sites (N-methyl/N-ethyl adjacent to an activating group) is 1. The predicted octanol–water partition coefficient (Wildman–Crippen LogP) is 0.690. The van der Waals surface area contributed by atoms with Gasteiger partial charge in [-0.15, -0.1) is 0 Å². The molecule has 0 unspecified atom stereocenters. The first kappa shape index (κ1) is 8.02. The summed E-state index contributed by atoms with van der Waals surface area (Å²) in [6.45, 7) is 5.79. The van der Waals surface area contributed by atoms with Gasteiger partial charge >= 0.3 is 0 Å². The largest absolute Gasteiger partial charge is 0.315 e. The van der Waals surface area contributed by atoms with Crippen molar-refractivity contribution in [3.8, 4) is 0 Å². The minimum absolute atomic E-state index is 0.791. The molecule has 0 amide bonds. The summed E-state index contributed by atoms with van der Waals surface area (Å²) in [4.78, 5) is 2.42. The average molecular weight is 142 g/mol. The van der Waals surface area contributed by atoms with Gasteiger partial charge in [0, 0.05) is 12.6 Å². The maximum atomic E-state index is 3.41. The van der Waals surface area contributed by atoms with Crippen LogP contribution in [0.3, 0.4) is 0 Å². The van der Waals surface area contributed by atoms with Crippen LogP contribution in [0.4, 0.5) is 0 Å². The lowest BCUT2D eigenvalue weighted by molar-refractivity contribution is 0.212. The fourth-order valence-corrected chi connectivity index (χ4v) is 1.47. The zero-order valence-corrected chi connectivity index (χ0v) is 7.06. The Bertz CT molecular complexity index is 87.3. The van der Waals surface area contributed by atoms with Gasteiger partial charge < -0.3 is 10.2 Å². The topological polar surface area (TPSA) is 15.3 Å². The molecule has 1 heterocycles. The van der Waals surface area contributed by atoms with Crippen molar-refractivity contribution in [3.05, 3.63) is 0 Å². The summed E-state index contributed by atoms with van der Waals surface area (Å²) >= 11 is 0. The van der Waals surface area contributed by atoms with Crippen LogP contribution in [0, 0.1) is 0 Å². The molecule has 1 N–H and O–H groups in total. The molecule has 60 valence electrons. The molecule has 1 aliphatic rings. The third kappa shape index (κ3) is 1.96. The molecule has 1 aliphatic heterocycles. The van der Waals surface area contributed by atoms with Gasteiger partial charge in [0.05, 0.1) is 0 Å². The van der Waals surface area contributed by atoms with Crippen LogP contribution in [-0.2, 0) is 0 Å². The summed E-state index contributed by atoms with van der Waals surface area (Å²) in [7, 11) is 2.21. The Labute approximate surface area is 63.6 Å². The van der Waals surface area contributed by atoms with Crippen molar-refractivity contribution in [2.24, 2.45) is 0 Å². The van der Waals surface area contributed by atoms with E-state index >= 15 is 0 Å². The number of rotatable bonds is 2. The normalized spacial score (nSPS) is 27.3. The summed E-state index contributed by atoms with van der Waals surface area (Å²) < 4.78 is 0. The highest BCUT2D eigenvalue weighted by Crippen LogP contribution is 2.06. The zero-order chi connectivity index (χ0) is 7.40. The molecule has 1 saturated heterocycles. The van der Waals surface area contributed by atoms with Crippen molar-refractivity contribution < 1.29 is 0 Å². The Balaban J connectivity index is 2.24. The summed E-state index contributed by atoms with van der Waals surface area (Å²) in [6, 6.07) is 0.791. The molecular weight excluding hydrogens is 124 g/mol. The minimum atomic E-state index is 0.791. The fourth-order valence-electron chi connectivity index (χ4n) is 1.47. The molecule has 10 heavy (non-hydrogen) atoms. The van der Waals surface area contributed by atoms with E-state index in [1.807, 2.05) is 0 Å². The van der Waals surface area contributed by atoms with E-state index in [2.05, 4.69) is 24.2 Å². The Hall–Kier alpha value is -0.0800. The summed E-state index contributed by atoms with van der Waals surface area (Å²) in [5, 5.41) is 3.41. The van der Waals surface area contributed by atoms with E-state index in [0.29, 0.717) is 0 Å². The third-order valence-corrected chi connectivity index (χ3v) is 2.39.